The molecule has 4 atom stereocenters. The predicted molar refractivity (Wildman–Crippen MR) is 115 cm³/mol. The molecule has 0 aromatic heterocycles. The van der Waals surface area contributed by atoms with Crippen LogP contribution in [0.25, 0.3) is 11.1 Å². The first-order chi connectivity index (χ1) is 14.9. The molecule has 2 fully saturated rings. The summed E-state index contributed by atoms with van der Waals surface area (Å²) < 4.78 is 54.8. The summed E-state index contributed by atoms with van der Waals surface area (Å²) in [7, 11) is 0. The Morgan fingerprint density at radius 1 is 0.839 bits per heavy atom. The quantitative estimate of drug-likeness (QED) is 0.416. The summed E-state index contributed by atoms with van der Waals surface area (Å²) in [5.74, 6) is 3.03. The van der Waals surface area contributed by atoms with Crippen molar-refractivity contribution in [3.63, 3.8) is 0 Å². The van der Waals surface area contributed by atoms with Gasteiger partial charge in [-0.05, 0) is 84.6 Å². The van der Waals surface area contributed by atoms with E-state index in [4.69, 9.17) is 0 Å². The second kappa shape index (κ2) is 9.22. The first-order valence-corrected chi connectivity index (χ1v) is 11.4. The van der Waals surface area contributed by atoms with Gasteiger partial charge in [-0.25, -0.2) is 0 Å². The molecule has 1 nitrogen and oxygen atoms in total. The minimum atomic E-state index is -4.49. The number of hydrogen-bond acceptors (Lipinski definition) is 1. The van der Waals surface area contributed by atoms with E-state index in [0.717, 1.165) is 28.9 Å². The van der Waals surface area contributed by atoms with Crippen LogP contribution in [0.1, 0.15) is 63.4 Å². The minimum Gasteiger partial charge on any atom is -0.428 e. The first kappa shape index (κ1) is 22.2. The van der Waals surface area contributed by atoms with Gasteiger partial charge in [0.05, 0.1) is 0 Å². The van der Waals surface area contributed by atoms with Gasteiger partial charge in [0.1, 0.15) is 5.75 Å². The largest absolute Gasteiger partial charge is 0.461 e. The predicted octanol–water partition coefficient (Wildman–Crippen LogP) is 8.30. The zero-order chi connectivity index (χ0) is 22.0. The normalized spacial score (nSPS) is 26.5. The molecule has 2 aliphatic carbocycles. The molecular weight excluding hydrogens is 404 g/mol. The topological polar surface area (TPSA) is 9.23 Å². The van der Waals surface area contributed by atoms with E-state index < -0.39 is 12.5 Å². The van der Waals surface area contributed by atoms with E-state index in [0.29, 0.717) is 5.92 Å². The Bertz CT molecular complexity index is 847. The zero-order valence-electron chi connectivity index (χ0n) is 17.9. The summed E-state index contributed by atoms with van der Waals surface area (Å²) in [4.78, 5) is 0. The molecule has 2 saturated carbocycles. The molecule has 0 bridgehead atoms. The van der Waals surface area contributed by atoms with Gasteiger partial charge in [0, 0.05) is 0 Å². The summed E-state index contributed by atoms with van der Waals surface area (Å²) in [5, 5.41) is 0. The summed E-state index contributed by atoms with van der Waals surface area (Å²) in [6.45, 7) is 2.32. The molecule has 31 heavy (non-hydrogen) atoms. The van der Waals surface area contributed by atoms with Crippen LogP contribution in [0.5, 0.6) is 5.75 Å². The van der Waals surface area contributed by atoms with Gasteiger partial charge in [-0.1, -0.05) is 56.2 Å². The van der Waals surface area contributed by atoms with Crippen LogP contribution < -0.4 is 4.74 Å². The molecule has 0 heterocycles. The average Bonchev–Trinajstić information content (AvgIpc) is 2.78. The second-order valence-electron chi connectivity index (χ2n) is 9.23. The van der Waals surface area contributed by atoms with Crippen molar-refractivity contribution in [3.8, 4) is 16.9 Å². The molecule has 5 heteroatoms. The number of fused-ring (bicyclic) bond motifs is 1. The van der Waals surface area contributed by atoms with Crippen molar-refractivity contribution in [2.24, 2.45) is 17.8 Å². The fraction of sp³-hybridized carbons (Fsp3) is 0.538. The van der Waals surface area contributed by atoms with E-state index in [1.54, 1.807) is 12.1 Å². The molecular formula is C26H30F4O. The molecule has 2 aromatic carbocycles. The number of rotatable bonds is 6. The first-order valence-electron chi connectivity index (χ1n) is 11.4. The standard InChI is InChI=1S/C26H30F4O/c1-2-17-3-4-23-16-22(10-9-21(23)15-17)20-7-5-18(6-8-20)19-11-13-24(14-12-19)31-26(29,30)25(27)28/h5-8,11-14,17,21-23,25H,2-4,9-10,15-16H2,1H3. The van der Waals surface area contributed by atoms with Crippen LogP contribution in [0.4, 0.5) is 17.6 Å². The van der Waals surface area contributed by atoms with Crippen LogP contribution >= 0.6 is 0 Å². The lowest BCUT2D eigenvalue weighted by atomic mass is 9.63. The molecule has 4 unspecified atom stereocenters. The van der Waals surface area contributed by atoms with E-state index in [-0.39, 0.29) is 5.75 Å². The lowest BCUT2D eigenvalue weighted by Gasteiger charge is -2.42. The molecule has 4 rings (SSSR count). The van der Waals surface area contributed by atoms with E-state index in [9.17, 15) is 17.6 Å². The van der Waals surface area contributed by atoms with Crippen molar-refractivity contribution in [2.45, 2.75) is 70.3 Å². The third-order valence-corrected chi connectivity index (χ3v) is 7.38. The molecule has 0 spiro atoms. The molecule has 0 radical (unpaired) electrons. The van der Waals surface area contributed by atoms with Crippen LogP contribution in [0.15, 0.2) is 48.5 Å². The maximum Gasteiger partial charge on any atom is 0.461 e. The van der Waals surface area contributed by atoms with Crippen molar-refractivity contribution < 1.29 is 22.3 Å². The van der Waals surface area contributed by atoms with Gasteiger partial charge >= 0.3 is 12.5 Å². The van der Waals surface area contributed by atoms with Crippen LogP contribution in [0.3, 0.4) is 0 Å². The Kier molecular flexibility index (Phi) is 6.59. The number of alkyl halides is 4. The summed E-state index contributed by atoms with van der Waals surface area (Å²) in [6.07, 6.45) is 0.994. The Morgan fingerprint density at radius 2 is 1.42 bits per heavy atom. The molecule has 2 aliphatic rings. The number of benzene rings is 2. The van der Waals surface area contributed by atoms with Gasteiger partial charge < -0.3 is 4.74 Å². The highest BCUT2D eigenvalue weighted by molar-refractivity contribution is 5.64. The monoisotopic (exact) mass is 434 g/mol. The van der Waals surface area contributed by atoms with E-state index in [2.05, 4.69) is 35.9 Å². The van der Waals surface area contributed by atoms with Gasteiger partial charge in [0.25, 0.3) is 0 Å². The van der Waals surface area contributed by atoms with Crippen molar-refractivity contribution in [3.05, 3.63) is 54.1 Å². The Labute approximate surface area is 181 Å². The van der Waals surface area contributed by atoms with Gasteiger partial charge in [-0.15, -0.1) is 0 Å². The van der Waals surface area contributed by atoms with Gasteiger partial charge in [-0.3, -0.25) is 0 Å². The SMILES string of the molecule is CCC1CCC2CC(c3ccc(-c4ccc(OC(F)(F)C(F)F)cc4)cc3)CCC2C1. The molecule has 0 amide bonds. The molecule has 0 saturated heterocycles. The summed E-state index contributed by atoms with van der Waals surface area (Å²) in [6, 6.07) is 14.3. The van der Waals surface area contributed by atoms with Crippen LogP contribution in [-0.4, -0.2) is 12.5 Å². The number of ether oxygens (including phenoxy) is 1. The van der Waals surface area contributed by atoms with Crippen LogP contribution in [0, 0.1) is 17.8 Å². The molecule has 0 N–H and O–H groups in total. The summed E-state index contributed by atoms with van der Waals surface area (Å²) >= 11 is 0. The van der Waals surface area contributed by atoms with Crippen molar-refractivity contribution in [1.29, 1.82) is 0 Å². The number of halogens is 4. The average molecular weight is 435 g/mol. The van der Waals surface area contributed by atoms with Crippen LogP contribution in [0.2, 0.25) is 0 Å². The highest BCUT2D eigenvalue weighted by Gasteiger charge is 2.44. The third-order valence-electron chi connectivity index (χ3n) is 7.38. The highest BCUT2D eigenvalue weighted by Crippen LogP contribution is 2.48. The highest BCUT2D eigenvalue weighted by atomic mass is 19.3. The van der Waals surface area contributed by atoms with Crippen LogP contribution in [-0.2, 0) is 0 Å². The second-order valence-corrected chi connectivity index (χ2v) is 9.23. The van der Waals surface area contributed by atoms with Crippen molar-refractivity contribution in [1.82, 2.24) is 0 Å². The molecule has 0 aliphatic heterocycles. The zero-order valence-corrected chi connectivity index (χ0v) is 17.9. The van der Waals surface area contributed by atoms with E-state index in [1.165, 1.54) is 62.6 Å². The van der Waals surface area contributed by atoms with Gasteiger partial charge in [-0.2, -0.15) is 17.6 Å². The lowest BCUT2D eigenvalue weighted by molar-refractivity contribution is -0.253. The van der Waals surface area contributed by atoms with E-state index in [1.807, 2.05) is 0 Å². The molecule has 2 aromatic rings. The lowest BCUT2D eigenvalue weighted by Crippen LogP contribution is -2.33. The molecule has 168 valence electrons. The minimum absolute atomic E-state index is 0.278. The summed E-state index contributed by atoms with van der Waals surface area (Å²) in [5.41, 5.74) is 3.17. The Morgan fingerprint density at radius 3 is 2.03 bits per heavy atom. The fourth-order valence-corrected chi connectivity index (χ4v) is 5.52. The Hall–Kier alpha value is -2.04. The van der Waals surface area contributed by atoms with E-state index >= 15 is 0 Å². The van der Waals surface area contributed by atoms with Crippen molar-refractivity contribution in [2.75, 3.05) is 0 Å². The van der Waals surface area contributed by atoms with Crippen molar-refractivity contribution >= 4 is 0 Å². The smallest absolute Gasteiger partial charge is 0.428 e. The fourth-order valence-electron chi connectivity index (χ4n) is 5.52. The van der Waals surface area contributed by atoms with Gasteiger partial charge in [0.15, 0.2) is 0 Å². The third kappa shape index (κ3) is 5.07. The Balaban J connectivity index is 1.38. The maximum atomic E-state index is 13.0. The van der Waals surface area contributed by atoms with Gasteiger partial charge in [0.2, 0.25) is 0 Å². The maximum absolute atomic E-state index is 13.0. The number of hydrogen-bond donors (Lipinski definition) is 0.